The molecule has 2 heterocycles. The molecule has 10 heteroatoms. The van der Waals surface area contributed by atoms with Gasteiger partial charge in [-0.25, -0.2) is 4.98 Å². The van der Waals surface area contributed by atoms with Gasteiger partial charge >= 0.3 is 6.36 Å². The van der Waals surface area contributed by atoms with Crippen LogP contribution in [-0.2, 0) is 9.59 Å². The molecule has 1 aromatic heterocycles. The molecule has 2 amide bonds. The molecule has 1 aromatic carbocycles. The van der Waals surface area contributed by atoms with Gasteiger partial charge < -0.3 is 15.0 Å². The Balaban J connectivity index is 1.68. The molecule has 27 heavy (non-hydrogen) atoms. The fraction of sp³-hybridized carbons (Fsp3) is 0.353. The van der Waals surface area contributed by atoms with E-state index in [9.17, 15) is 22.8 Å². The molecular weight excluding hydrogens is 383 g/mol. The van der Waals surface area contributed by atoms with Crippen molar-refractivity contribution in [2.75, 3.05) is 18.4 Å². The Morgan fingerprint density at radius 2 is 2.04 bits per heavy atom. The van der Waals surface area contributed by atoms with Gasteiger partial charge in [0.25, 0.3) is 0 Å². The van der Waals surface area contributed by atoms with E-state index in [0.717, 1.165) is 11.3 Å². The summed E-state index contributed by atoms with van der Waals surface area (Å²) in [5, 5.41) is 2.86. The topological polar surface area (TPSA) is 71.5 Å². The van der Waals surface area contributed by atoms with Gasteiger partial charge in [-0.2, -0.15) is 0 Å². The van der Waals surface area contributed by atoms with Crippen LogP contribution in [0.4, 0.5) is 18.3 Å². The summed E-state index contributed by atoms with van der Waals surface area (Å²) in [4.78, 5) is 29.7. The highest BCUT2D eigenvalue weighted by Gasteiger charge is 2.32. The van der Waals surface area contributed by atoms with Crippen LogP contribution in [0.2, 0.25) is 0 Å². The van der Waals surface area contributed by atoms with Crippen LogP contribution < -0.4 is 10.1 Å². The Morgan fingerprint density at radius 3 is 2.67 bits per heavy atom. The fourth-order valence-corrected chi connectivity index (χ4v) is 3.77. The lowest BCUT2D eigenvalue weighted by molar-refractivity contribution is -0.274. The monoisotopic (exact) mass is 399 g/mol. The molecule has 0 atom stereocenters. The molecule has 2 aromatic rings. The van der Waals surface area contributed by atoms with Crippen LogP contribution in [0, 0.1) is 5.92 Å². The van der Waals surface area contributed by atoms with Crippen molar-refractivity contribution < 1.29 is 27.5 Å². The molecule has 1 saturated heterocycles. The quantitative estimate of drug-likeness (QED) is 0.798. The molecule has 0 spiro atoms. The number of carbonyl (C=O) groups excluding carboxylic acids is 2. The minimum Gasteiger partial charge on any atom is -0.403 e. The molecule has 0 bridgehead atoms. The Labute approximate surface area is 156 Å². The second kappa shape index (κ2) is 7.55. The van der Waals surface area contributed by atoms with Gasteiger partial charge in [0.15, 0.2) is 10.9 Å². The second-order valence-electron chi connectivity index (χ2n) is 5.96. The van der Waals surface area contributed by atoms with Crippen molar-refractivity contribution in [3.8, 4) is 5.75 Å². The summed E-state index contributed by atoms with van der Waals surface area (Å²) in [5.74, 6) is -1.14. The van der Waals surface area contributed by atoms with Crippen LogP contribution in [0.1, 0.15) is 12.8 Å². The first-order valence-electron chi connectivity index (χ1n) is 8.14. The van der Waals surface area contributed by atoms with Gasteiger partial charge in [0.05, 0.1) is 4.70 Å². The molecule has 0 unspecified atom stereocenters. The molecule has 6 nitrogen and oxygen atoms in total. The number of ether oxygens (including phenoxy) is 1. The Morgan fingerprint density at radius 1 is 1.33 bits per heavy atom. The van der Waals surface area contributed by atoms with Crippen LogP contribution in [0.3, 0.4) is 0 Å². The molecule has 0 aliphatic carbocycles. The maximum Gasteiger partial charge on any atom is 0.573 e. The lowest BCUT2D eigenvalue weighted by atomic mass is 9.96. The molecule has 1 aliphatic heterocycles. The van der Waals surface area contributed by atoms with Crippen molar-refractivity contribution in [1.29, 1.82) is 0 Å². The molecule has 0 saturated carbocycles. The maximum atomic E-state index is 12.5. The van der Waals surface area contributed by atoms with E-state index >= 15 is 0 Å². The SMILES string of the molecule is C=CC(=O)N1CCC(C(=O)Nc2nc3c(OC(F)(F)F)cccc3s2)CC1. The minimum atomic E-state index is -4.82. The van der Waals surface area contributed by atoms with E-state index in [0.29, 0.717) is 30.6 Å². The summed E-state index contributed by atoms with van der Waals surface area (Å²) in [5.41, 5.74) is 0.0431. The number of carbonyl (C=O) groups is 2. The number of alkyl halides is 3. The van der Waals surface area contributed by atoms with Gasteiger partial charge in [-0.05, 0) is 31.1 Å². The number of fused-ring (bicyclic) bond motifs is 1. The van der Waals surface area contributed by atoms with Crippen molar-refractivity contribution in [2.24, 2.45) is 5.92 Å². The summed E-state index contributed by atoms with van der Waals surface area (Å²) in [6.45, 7) is 4.34. The third-order valence-electron chi connectivity index (χ3n) is 4.19. The van der Waals surface area contributed by atoms with Crippen molar-refractivity contribution in [3.05, 3.63) is 30.9 Å². The highest BCUT2D eigenvalue weighted by atomic mass is 32.1. The van der Waals surface area contributed by atoms with E-state index in [1.807, 2.05) is 0 Å². The normalized spacial score (nSPS) is 15.6. The van der Waals surface area contributed by atoms with Crippen LogP contribution >= 0.6 is 11.3 Å². The Hall–Kier alpha value is -2.62. The van der Waals surface area contributed by atoms with Gasteiger partial charge in [-0.15, -0.1) is 13.2 Å². The van der Waals surface area contributed by atoms with Gasteiger partial charge in [-0.3, -0.25) is 9.59 Å². The smallest absolute Gasteiger partial charge is 0.403 e. The molecule has 1 fully saturated rings. The van der Waals surface area contributed by atoms with Gasteiger partial charge in [0.2, 0.25) is 11.8 Å². The number of hydrogen-bond acceptors (Lipinski definition) is 5. The predicted octanol–water partition coefficient (Wildman–Crippen LogP) is 3.56. The summed E-state index contributed by atoms with van der Waals surface area (Å²) < 4.78 is 41.9. The Bertz CT molecular complexity index is 873. The van der Waals surface area contributed by atoms with Crippen LogP contribution in [-0.4, -0.2) is 41.2 Å². The highest BCUT2D eigenvalue weighted by Crippen LogP contribution is 2.35. The fourth-order valence-electron chi connectivity index (χ4n) is 2.88. The molecule has 3 rings (SSSR count). The van der Waals surface area contributed by atoms with E-state index in [1.54, 1.807) is 11.0 Å². The second-order valence-corrected chi connectivity index (χ2v) is 6.99. The van der Waals surface area contributed by atoms with Gasteiger partial charge in [-0.1, -0.05) is 24.0 Å². The van der Waals surface area contributed by atoms with Crippen LogP contribution in [0.15, 0.2) is 30.9 Å². The van der Waals surface area contributed by atoms with E-state index in [2.05, 4.69) is 21.6 Å². The number of nitrogens with one attached hydrogen (secondary N) is 1. The first-order chi connectivity index (χ1) is 12.8. The number of hydrogen-bond donors (Lipinski definition) is 1. The number of halogens is 3. The Kier molecular flexibility index (Phi) is 5.36. The molecule has 1 aliphatic rings. The highest BCUT2D eigenvalue weighted by molar-refractivity contribution is 7.22. The molecule has 144 valence electrons. The maximum absolute atomic E-state index is 12.5. The van der Waals surface area contributed by atoms with Crippen molar-refractivity contribution in [2.45, 2.75) is 19.2 Å². The van der Waals surface area contributed by atoms with Gasteiger partial charge in [0, 0.05) is 19.0 Å². The number of para-hydroxylation sites is 1. The van der Waals surface area contributed by atoms with Crippen molar-refractivity contribution in [1.82, 2.24) is 9.88 Å². The van der Waals surface area contributed by atoms with E-state index in [-0.39, 0.29) is 28.4 Å². The number of nitrogens with zero attached hydrogens (tertiary/aromatic N) is 2. The average molecular weight is 399 g/mol. The third-order valence-corrected chi connectivity index (χ3v) is 5.13. The van der Waals surface area contributed by atoms with E-state index < -0.39 is 12.1 Å². The third kappa shape index (κ3) is 4.57. The van der Waals surface area contributed by atoms with Crippen molar-refractivity contribution in [3.63, 3.8) is 0 Å². The van der Waals surface area contributed by atoms with E-state index in [1.165, 1.54) is 18.2 Å². The molecule has 1 N–H and O–H groups in total. The first-order valence-corrected chi connectivity index (χ1v) is 8.96. The summed E-state index contributed by atoms with van der Waals surface area (Å²) >= 11 is 1.07. The zero-order valence-corrected chi connectivity index (χ0v) is 14.9. The summed E-state index contributed by atoms with van der Waals surface area (Å²) in [6.07, 6.45) is -2.59. The lowest BCUT2D eigenvalue weighted by Gasteiger charge is -2.30. The largest absolute Gasteiger partial charge is 0.573 e. The van der Waals surface area contributed by atoms with Crippen LogP contribution in [0.25, 0.3) is 10.2 Å². The number of piperidine rings is 1. The standard InChI is InChI=1S/C17H16F3N3O3S/c1-2-13(24)23-8-6-10(7-9-23)15(25)22-16-21-14-11(26-17(18,19)20)4-3-5-12(14)27-16/h2-5,10H,1,6-9H2,(H,21,22,25). The van der Waals surface area contributed by atoms with Crippen LogP contribution in [0.5, 0.6) is 5.75 Å². The molecule has 0 radical (unpaired) electrons. The number of rotatable bonds is 4. The zero-order valence-electron chi connectivity index (χ0n) is 14.1. The number of thiazole rings is 1. The number of aromatic nitrogens is 1. The predicted molar refractivity (Wildman–Crippen MR) is 94.4 cm³/mol. The minimum absolute atomic E-state index is 0.0431. The van der Waals surface area contributed by atoms with Gasteiger partial charge in [0.1, 0.15) is 5.52 Å². The number of amides is 2. The van der Waals surface area contributed by atoms with E-state index in [4.69, 9.17) is 0 Å². The lowest BCUT2D eigenvalue weighted by Crippen LogP contribution is -2.40. The summed E-state index contributed by atoms with van der Waals surface area (Å²) in [6, 6.07) is 4.21. The molecular formula is C17H16F3N3O3S. The number of benzene rings is 1. The zero-order chi connectivity index (χ0) is 19.6. The average Bonchev–Trinajstić information content (AvgIpc) is 3.03. The number of likely N-dealkylation sites (tertiary alicyclic amines) is 1. The van der Waals surface area contributed by atoms with Crippen molar-refractivity contribution >= 4 is 38.5 Å². The first kappa shape index (κ1) is 19.2. The number of anilines is 1. The summed E-state index contributed by atoms with van der Waals surface area (Å²) in [7, 11) is 0.